The van der Waals surface area contributed by atoms with E-state index in [0.29, 0.717) is 13.0 Å². The number of hydrogen-bond donors (Lipinski definition) is 2. The lowest BCUT2D eigenvalue weighted by atomic mass is 10.2. The molecule has 0 aliphatic heterocycles. The molecule has 1 unspecified atom stereocenters. The minimum absolute atomic E-state index is 0.424. The van der Waals surface area contributed by atoms with Gasteiger partial charge in [-0.25, -0.2) is 0 Å². The number of aliphatic hydroxyl groups is 1. The average molecular weight is 233 g/mol. The number of hydrogen-bond acceptors (Lipinski definition) is 3. The van der Waals surface area contributed by atoms with Crippen molar-refractivity contribution in [1.29, 1.82) is 0 Å². The highest BCUT2D eigenvalue weighted by molar-refractivity contribution is 7.15. The third-order valence-corrected chi connectivity index (χ3v) is 3.69. The maximum atomic E-state index is 9.81. The van der Waals surface area contributed by atoms with E-state index in [2.05, 4.69) is 18.2 Å². The summed E-state index contributed by atoms with van der Waals surface area (Å²) in [5, 5.41) is 9.81. The summed E-state index contributed by atoms with van der Waals surface area (Å²) < 4.78 is 0. The van der Waals surface area contributed by atoms with Crippen LogP contribution >= 0.6 is 11.3 Å². The van der Waals surface area contributed by atoms with E-state index < -0.39 is 6.10 Å². The molecule has 0 saturated heterocycles. The van der Waals surface area contributed by atoms with E-state index in [0.717, 1.165) is 4.88 Å². The summed E-state index contributed by atoms with van der Waals surface area (Å²) in [4.78, 5) is 2.18. The highest BCUT2D eigenvalue weighted by Crippen LogP contribution is 2.32. The van der Waals surface area contributed by atoms with Crippen molar-refractivity contribution in [2.24, 2.45) is 5.73 Å². The summed E-state index contributed by atoms with van der Waals surface area (Å²) in [7, 11) is 0. The second-order valence-corrected chi connectivity index (χ2v) is 4.78. The van der Waals surface area contributed by atoms with Crippen molar-refractivity contribution in [2.45, 2.75) is 12.5 Å². The molecule has 3 heteroatoms. The SMILES string of the molecule is NCCC(O)c1ccc(-c2ccccc2)s1. The molecule has 2 aromatic rings. The van der Waals surface area contributed by atoms with Crippen LogP contribution in [0.1, 0.15) is 17.4 Å². The number of nitrogens with two attached hydrogens (primary N) is 1. The van der Waals surface area contributed by atoms with E-state index in [1.54, 1.807) is 11.3 Å². The number of benzene rings is 1. The fourth-order valence-electron chi connectivity index (χ4n) is 1.59. The van der Waals surface area contributed by atoms with Crippen LogP contribution in [-0.2, 0) is 0 Å². The van der Waals surface area contributed by atoms with Gasteiger partial charge in [-0.2, -0.15) is 0 Å². The van der Waals surface area contributed by atoms with Crippen molar-refractivity contribution in [3.63, 3.8) is 0 Å². The van der Waals surface area contributed by atoms with E-state index >= 15 is 0 Å². The lowest BCUT2D eigenvalue weighted by Gasteiger charge is -2.05. The van der Waals surface area contributed by atoms with Crippen LogP contribution in [0.4, 0.5) is 0 Å². The predicted molar refractivity (Wildman–Crippen MR) is 68.4 cm³/mol. The van der Waals surface area contributed by atoms with Crippen LogP contribution < -0.4 is 5.73 Å². The Morgan fingerprint density at radius 2 is 1.88 bits per heavy atom. The molecule has 2 rings (SSSR count). The number of rotatable bonds is 4. The zero-order valence-corrected chi connectivity index (χ0v) is 9.78. The molecular formula is C13H15NOS. The van der Waals surface area contributed by atoms with Gasteiger partial charge in [-0.15, -0.1) is 11.3 Å². The first kappa shape index (κ1) is 11.3. The molecule has 0 aliphatic carbocycles. The van der Waals surface area contributed by atoms with Gasteiger partial charge in [0.1, 0.15) is 0 Å². The first-order valence-electron chi connectivity index (χ1n) is 5.34. The Hall–Kier alpha value is -1.16. The van der Waals surface area contributed by atoms with Crippen molar-refractivity contribution in [3.8, 4) is 10.4 Å². The minimum atomic E-state index is -0.424. The highest BCUT2D eigenvalue weighted by atomic mass is 32.1. The molecule has 0 radical (unpaired) electrons. The fraction of sp³-hybridized carbons (Fsp3) is 0.231. The van der Waals surface area contributed by atoms with Crippen LogP contribution in [-0.4, -0.2) is 11.7 Å². The van der Waals surface area contributed by atoms with Gasteiger partial charge >= 0.3 is 0 Å². The second-order valence-electron chi connectivity index (χ2n) is 3.66. The molecule has 1 atom stereocenters. The zero-order valence-electron chi connectivity index (χ0n) is 8.97. The molecule has 0 bridgehead atoms. The molecule has 84 valence electrons. The van der Waals surface area contributed by atoms with Crippen molar-refractivity contribution in [1.82, 2.24) is 0 Å². The molecule has 16 heavy (non-hydrogen) atoms. The summed E-state index contributed by atoms with van der Waals surface area (Å²) >= 11 is 1.63. The van der Waals surface area contributed by atoms with E-state index in [4.69, 9.17) is 5.73 Å². The van der Waals surface area contributed by atoms with Gasteiger partial charge < -0.3 is 10.8 Å². The first-order chi connectivity index (χ1) is 7.81. The standard InChI is InChI=1S/C13H15NOS/c14-9-8-11(15)13-7-6-12(16-13)10-4-2-1-3-5-10/h1-7,11,15H,8-9,14H2. The van der Waals surface area contributed by atoms with Gasteiger partial charge in [-0.05, 0) is 30.7 Å². The molecule has 0 aliphatic rings. The highest BCUT2D eigenvalue weighted by Gasteiger charge is 2.10. The smallest absolute Gasteiger partial charge is 0.0894 e. The normalized spacial score (nSPS) is 12.6. The quantitative estimate of drug-likeness (QED) is 0.853. The number of thiophene rings is 1. The molecule has 3 N–H and O–H groups in total. The third kappa shape index (κ3) is 2.50. The monoisotopic (exact) mass is 233 g/mol. The summed E-state index contributed by atoms with van der Waals surface area (Å²) in [6, 6.07) is 14.2. The summed E-state index contributed by atoms with van der Waals surface area (Å²) in [6.45, 7) is 0.514. The van der Waals surface area contributed by atoms with E-state index in [1.807, 2.05) is 24.3 Å². The maximum Gasteiger partial charge on any atom is 0.0894 e. The molecule has 1 heterocycles. The van der Waals surface area contributed by atoms with E-state index in [9.17, 15) is 5.11 Å². The van der Waals surface area contributed by atoms with Crippen molar-refractivity contribution in [3.05, 3.63) is 47.3 Å². The van der Waals surface area contributed by atoms with Crippen LogP contribution in [0.3, 0.4) is 0 Å². The summed E-state index contributed by atoms with van der Waals surface area (Å²) in [5.74, 6) is 0. The van der Waals surface area contributed by atoms with Crippen LogP contribution in [0.5, 0.6) is 0 Å². The number of aliphatic hydroxyl groups excluding tert-OH is 1. The Kier molecular flexibility index (Phi) is 3.72. The van der Waals surface area contributed by atoms with Crippen molar-refractivity contribution in [2.75, 3.05) is 6.54 Å². The van der Waals surface area contributed by atoms with Crippen LogP contribution in [0.25, 0.3) is 10.4 Å². The molecule has 0 saturated carbocycles. The zero-order chi connectivity index (χ0) is 11.4. The fourth-order valence-corrected chi connectivity index (χ4v) is 2.62. The maximum absolute atomic E-state index is 9.81. The Balaban J connectivity index is 2.20. The first-order valence-corrected chi connectivity index (χ1v) is 6.16. The lowest BCUT2D eigenvalue weighted by molar-refractivity contribution is 0.174. The van der Waals surface area contributed by atoms with Gasteiger partial charge in [0.05, 0.1) is 6.10 Å². The molecule has 1 aromatic heterocycles. The van der Waals surface area contributed by atoms with Gasteiger partial charge in [-0.1, -0.05) is 30.3 Å². The molecule has 0 spiro atoms. The average Bonchev–Trinajstić information content (AvgIpc) is 2.80. The van der Waals surface area contributed by atoms with Gasteiger partial charge in [0.15, 0.2) is 0 Å². The molecule has 2 nitrogen and oxygen atoms in total. The Bertz CT molecular complexity index is 438. The lowest BCUT2D eigenvalue weighted by Crippen LogP contribution is -2.05. The van der Waals surface area contributed by atoms with E-state index in [-0.39, 0.29) is 0 Å². The minimum Gasteiger partial charge on any atom is -0.388 e. The molecule has 1 aromatic carbocycles. The van der Waals surface area contributed by atoms with Crippen molar-refractivity contribution < 1.29 is 5.11 Å². The predicted octanol–water partition coefficient (Wildman–Crippen LogP) is 2.80. The molecular weight excluding hydrogens is 218 g/mol. The Labute approximate surface area is 99.4 Å². The van der Waals surface area contributed by atoms with Crippen LogP contribution in [0.15, 0.2) is 42.5 Å². The van der Waals surface area contributed by atoms with Crippen LogP contribution in [0, 0.1) is 0 Å². The third-order valence-electron chi connectivity index (χ3n) is 2.45. The van der Waals surface area contributed by atoms with Gasteiger partial charge in [-0.3, -0.25) is 0 Å². The van der Waals surface area contributed by atoms with Crippen molar-refractivity contribution >= 4 is 11.3 Å². The van der Waals surface area contributed by atoms with Crippen LogP contribution in [0.2, 0.25) is 0 Å². The topological polar surface area (TPSA) is 46.2 Å². The van der Waals surface area contributed by atoms with Gasteiger partial charge in [0, 0.05) is 9.75 Å². The Morgan fingerprint density at radius 3 is 2.56 bits per heavy atom. The van der Waals surface area contributed by atoms with E-state index in [1.165, 1.54) is 10.4 Å². The Morgan fingerprint density at radius 1 is 1.12 bits per heavy atom. The van der Waals surface area contributed by atoms with Gasteiger partial charge in [0.2, 0.25) is 0 Å². The molecule has 0 amide bonds. The summed E-state index contributed by atoms with van der Waals surface area (Å²) in [5.41, 5.74) is 6.62. The largest absolute Gasteiger partial charge is 0.388 e. The molecule has 0 fully saturated rings. The van der Waals surface area contributed by atoms with Gasteiger partial charge in [0.25, 0.3) is 0 Å². The second kappa shape index (κ2) is 5.25. The summed E-state index contributed by atoms with van der Waals surface area (Å²) in [6.07, 6.45) is 0.196.